The highest BCUT2D eigenvalue weighted by molar-refractivity contribution is 5.57. The highest BCUT2D eigenvalue weighted by atomic mass is 16.3. The zero-order chi connectivity index (χ0) is 15.3. The highest BCUT2D eigenvalue weighted by Crippen LogP contribution is 2.50. The summed E-state index contributed by atoms with van der Waals surface area (Å²) in [4.78, 5) is 0. The molecular weight excluding hydrogens is 274 g/mol. The molecule has 0 aromatic heterocycles. The Balaban J connectivity index is 1.85. The first-order chi connectivity index (χ1) is 10.6. The monoisotopic (exact) mass is 295 g/mol. The molecule has 0 saturated heterocycles. The molecule has 0 heterocycles. The van der Waals surface area contributed by atoms with Crippen LogP contribution in [0.1, 0.15) is 46.9 Å². The molecule has 0 fully saturated rings. The van der Waals surface area contributed by atoms with E-state index in [-0.39, 0.29) is 23.5 Å². The summed E-state index contributed by atoms with van der Waals surface area (Å²) in [5, 5.41) is 20.4. The number of rotatable bonds is 1. The van der Waals surface area contributed by atoms with Gasteiger partial charge in [-0.05, 0) is 54.4 Å². The number of benzene rings is 2. The van der Waals surface area contributed by atoms with Gasteiger partial charge in [0.1, 0.15) is 0 Å². The van der Waals surface area contributed by atoms with Gasteiger partial charge >= 0.3 is 0 Å². The topological polar surface area (TPSA) is 66.5 Å². The first-order valence-corrected chi connectivity index (χ1v) is 8.02. The molecule has 4 N–H and O–H groups in total. The van der Waals surface area contributed by atoms with Gasteiger partial charge in [0.2, 0.25) is 0 Å². The van der Waals surface area contributed by atoms with Gasteiger partial charge in [-0.15, -0.1) is 0 Å². The third kappa shape index (κ3) is 2.00. The van der Waals surface area contributed by atoms with Gasteiger partial charge in [0.25, 0.3) is 0 Å². The Labute approximate surface area is 130 Å². The molecule has 2 aromatic rings. The number of phenolic OH excluding ortho intramolecular Hbond substituents is 2. The zero-order valence-corrected chi connectivity index (χ0v) is 12.5. The summed E-state index contributed by atoms with van der Waals surface area (Å²) < 4.78 is 0. The second kappa shape index (κ2) is 5.03. The maximum atomic E-state index is 10.4. The SMILES string of the molecule is N[C@H]1CCc2cc(O)c(O)c3c2[C@H]1C[C@H](c1ccccc1)C3. The van der Waals surface area contributed by atoms with Crippen LogP contribution < -0.4 is 5.73 Å². The number of aryl methyl sites for hydroxylation is 1. The van der Waals surface area contributed by atoms with E-state index in [1.807, 2.05) is 6.07 Å². The fourth-order valence-corrected chi connectivity index (χ4v) is 4.31. The van der Waals surface area contributed by atoms with E-state index in [4.69, 9.17) is 5.73 Å². The van der Waals surface area contributed by atoms with Crippen molar-refractivity contribution in [3.05, 3.63) is 58.7 Å². The van der Waals surface area contributed by atoms with E-state index < -0.39 is 0 Å². The Kier molecular flexibility index (Phi) is 3.12. The second-order valence-electron chi connectivity index (χ2n) is 6.65. The first-order valence-electron chi connectivity index (χ1n) is 8.02. The van der Waals surface area contributed by atoms with Gasteiger partial charge in [0, 0.05) is 17.5 Å². The molecule has 0 amide bonds. The average Bonchev–Trinajstić information content (AvgIpc) is 2.56. The van der Waals surface area contributed by atoms with Crippen molar-refractivity contribution >= 4 is 0 Å². The van der Waals surface area contributed by atoms with Crippen LogP contribution in [0.25, 0.3) is 0 Å². The van der Waals surface area contributed by atoms with E-state index in [1.165, 1.54) is 16.7 Å². The number of phenols is 2. The van der Waals surface area contributed by atoms with Crippen LogP contribution in [0.5, 0.6) is 11.5 Å². The van der Waals surface area contributed by atoms with Gasteiger partial charge in [0.05, 0.1) is 0 Å². The van der Waals surface area contributed by atoms with Crippen LogP contribution in [0.4, 0.5) is 0 Å². The van der Waals surface area contributed by atoms with Gasteiger partial charge in [-0.25, -0.2) is 0 Å². The van der Waals surface area contributed by atoms with Gasteiger partial charge in [-0.2, -0.15) is 0 Å². The summed E-state index contributed by atoms with van der Waals surface area (Å²) in [6.07, 6.45) is 3.64. The van der Waals surface area contributed by atoms with Crippen LogP contribution in [0.2, 0.25) is 0 Å². The molecule has 4 rings (SSSR count). The van der Waals surface area contributed by atoms with E-state index in [1.54, 1.807) is 6.07 Å². The lowest BCUT2D eigenvalue weighted by molar-refractivity contribution is 0.360. The molecule has 114 valence electrons. The molecule has 0 bridgehead atoms. The summed E-state index contributed by atoms with van der Waals surface area (Å²) in [5.74, 6) is 0.697. The third-order valence-corrected chi connectivity index (χ3v) is 5.41. The molecule has 2 aliphatic carbocycles. The molecule has 0 unspecified atom stereocenters. The van der Waals surface area contributed by atoms with Crippen molar-refractivity contribution in [2.45, 2.75) is 43.6 Å². The lowest BCUT2D eigenvalue weighted by atomic mass is 9.66. The molecule has 0 radical (unpaired) electrons. The fourth-order valence-electron chi connectivity index (χ4n) is 4.31. The van der Waals surface area contributed by atoms with E-state index in [2.05, 4.69) is 24.3 Å². The lowest BCUT2D eigenvalue weighted by Crippen LogP contribution is -2.37. The van der Waals surface area contributed by atoms with Gasteiger partial charge in [0.15, 0.2) is 11.5 Å². The third-order valence-electron chi connectivity index (χ3n) is 5.41. The molecule has 2 aliphatic rings. The van der Waals surface area contributed by atoms with E-state index in [0.717, 1.165) is 31.2 Å². The molecule has 0 aliphatic heterocycles. The van der Waals surface area contributed by atoms with Crippen molar-refractivity contribution in [1.29, 1.82) is 0 Å². The summed E-state index contributed by atoms with van der Waals surface area (Å²) >= 11 is 0. The molecular formula is C19H21NO2. The number of aromatic hydroxyl groups is 2. The van der Waals surface area contributed by atoms with Crippen molar-refractivity contribution in [1.82, 2.24) is 0 Å². The first kappa shape index (κ1) is 13.6. The minimum atomic E-state index is 0.0108. The molecule has 0 spiro atoms. The smallest absolute Gasteiger partial charge is 0.160 e. The van der Waals surface area contributed by atoms with Crippen LogP contribution in [0.15, 0.2) is 36.4 Å². The predicted octanol–water partition coefficient (Wildman–Crippen LogP) is 3.18. The number of hydrogen-bond acceptors (Lipinski definition) is 3. The quantitative estimate of drug-likeness (QED) is 0.708. The number of nitrogens with two attached hydrogens (primary N) is 1. The molecule has 3 heteroatoms. The molecule has 3 nitrogen and oxygen atoms in total. The summed E-state index contributed by atoms with van der Waals surface area (Å²) in [6, 6.07) is 12.3. The average molecular weight is 295 g/mol. The lowest BCUT2D eigenvalue weighted by Gasteiger charge is -2.40. The van der Waals surface area contributed by atoms with Gasteiger partial charge < -0.3 is 15.9 Å². The van der Waals surface area contributed by atoms with E-state index in [0.29, 0.717) is 5.92 Å². The van der Waals surface area contributed by atoms with E-state index in [9.17, 15) is 10.2 Å². The summed E-state index contributed by atoms with van der Waals surface area (Å²) in [7, 11) is 0. The highest BCUT2D eigenvalue weighted by Gasteiger charge is 2.38. The molecule has 22 heavy (non-hydrogen) atoms. The Morgan fingerprint density at radius 2 is 1.86 bits per heavy atom. The Hall–Kier alpha value is -2.00. The largest absolute Gasteiger partial charge is 0.504 e. The molecule has 0 saturated carbocycles. The summed E-state index contributed by atoms with van der Waals surface area (Å²) in [5.41, 5.74) is 11.0. The fraction of sp³-hybridized carbons (Fsp3) is 0.368. The van der Waals surface area contributed by atoms with Crippen LogP contribution in [0.3, 0.4) is 0 Å². The Morgan fingerprint density at radius 1 is 1.09 bits per heavy atom. The Bertz CT molecular complexity index is 711. The van der Waals surface area contributed by atoms with Crippen molar-refractivity contribution in [2.24, 2.45) is 5.73 Å². The van der Waals surface area contributed by atoms with Crippen LogP contribution >= 0.6 is 0 Å². The molecule has 3 atom stereocenters. The van der Waals surface area contributed by atoms with Crippen LogP contribution in [-0.4, -0.2) is 16.3 Å². The van der Waals surface area contributed by atoms with E-state index >= 15 is 0 Å². The van der Waals surface area contributed by atoms with Crippen molar-refractivity contribution in [2.75, 3.05) is 0 Å². The van der Waals surface area contributed by atoms with Gasteiger partial charge in [-0.3, -0.25) is 0 Å². The standard InChI is InChI=1S/C19H21NO2/c20-16-7-6-12-10-17(21)19(22)15-9-13(8-14(16)18(12)15)11-4-2-1-3-5-11/h1-5,10,13-14,16,21-22H,6-9,20H2/t13-,14-,16-/m0/s1. The van der Waals surface area contributed by atoms with Crippen LogP contribution in [0, 0.1) is 0 Å². The minimum Gasteiger partial charge on any atom is -0.504 e. The number of hydrogen-bond donors (Lipinski definition) is 3. The van der Waals surface area contributed by atoms with Crippen molar-refractivity contribution in [3.63, 3.8) is 0 Å². The van der Waals surface area contributed by atoms with Crippen molar-refractivity contribution < 1.29 is 10.2 Å². The second-order valence-corrected chi connectivity index (χ2v) is 6.65. The Morgan fingerprint density at radius 3 is 2.64 bits per heavy atom. The van der Waals surface area contributed by atoms with Crippen LogP contribution in [-0.2, 0) is 12.8 Å². The predicted molar refractivity (Wildman–Crippen MR) is 86.3 cm³/mol. The normalized spacial score (nSPS) is 26.5. The minimum absolute atomic E-state index is 0.0108. The van der Waals surface area contributed by atoms with Crippen molar-refractivity contribution in [3.8, 4) is 11.5 Å². The summed E-state index contributed by atoms with van der Waals surface area (Å²) in [6.45, 7) is 0. The zero-order valence-electron chi connectivity index (χ0n) is 12.5. The maximum Gasteiger partial charge on any atom is 0.160 e. The molecule has 2 aromatic carbocycles. The van der Waals surface area contributed by atoms with Gasteiger partial charge in [-0.1, -0.05) is 30.3 Å². The maximum absolute atomic E-state index is 10.4.